The van der Waals surface area contributed by atoms with Gasteiger partial charge in [0.2, 0.25) is 0 Å². The smallest absolute Gasteiger partial charge is 0.188 e. The molecule has 0 aromatic carbocycles. The van der Waals surface area contributed by atoms with Crippen molar-refractivity contribution in [2.75, 3.05) is 6.61 Å². The van der Waals surface area contributed by atoms with E-state index in [0.29, 0.717) is 18.9 Å². The number of hydrogen-bond acceptors (Lipinski definition) is 4. The Balaban J connectivity index is 1.70. The van der Waals surface area contributed by atoms with Gasteiger partial charge in [-0.3, -0.25) is 4.98 Å². The average Bonchev–Trinajstić information content (AvgIpc) is 3.01. The Morgan fingerprint density at radius 3 is 2.85 bits per heavy atom. The van der Waals surface area contributed by atoms with Crippen molar-refractivity contribution in [3.8, 4) is 5.75 Å². The van der Waals surface area contributed by atoms with Gasteiger partial charge in [0.25, 0.3) is 0 Å². The Morgan fingerprint density at radius 2 is 2.11 bits per heavy atom. The lowest BCUT2D eigenvalue weighted by Gasteiger charge is -2.13. The van der Waals surface area contributed by atoms with Gasteiger partial charge in [-0.25, -0.2) is 0 Å². The second-order valence-corrected chi connectivity index (χ2v) is 8.01. The highest BCUT2D eigenvalue weighted by molar-refractivity contribution is 5.43. The van der Waals surface area contributed by atoms with Crippen LogP contribution in [0.1, 0.15) is 82.9 Å². The molecule has 1 aliphatic heterocycles. The molecule has 0 bridgehead atoms. The van der Waals surface area contributed by atoms with Gasteiger partial charge in [-0.05, 0) is 59.3 Å². The number of fused-ring (bicyclic) bond motifs is 1. The highest BCUT2D eigenvalue weighted by Crippen LogP contribution is 2.38. The zero-order chi connectivity index (χ0) is 19.8. The molecule has 2 unspecified atom stereocenters. The fraction of sp³-hybridized carbons (Fsp3) is 0.609. The van der Waals surface area contributed by atoms with Crippen LogP contribution in [0, 0.1) is 12.8 Å². The topological polar surface area (TPSA) is 51.6 Å². The monoisotopic (exact) mass is 373 g/mol. The molecule has 0 amide bonds. The molecular weight excluding hydrogens is 338 g/mol. The summed E-state index contributed by atoms with van der Waals surface area (Å²) in [5, 5.41) is 10.2. The van der Waals surface area contributed by atoms with Gasteiger partial charge in [0.05, 0.1) is 24.5 Å². The Kier molecular flexibility index (Phi) is 8.52. The molecule has 1 aromatic rings. The predicted octanol–water partition coefficient (Wildman–Crippen LogP) is 6.14. The molecule has 0 fully saturated rings. The lowest BCUT2D eigenvalue weighted by molar-refractivity contribution is -0.130. The summed E-state index contributed by atoms with van der Waals surface area (Å²) in [7, 11) is 0. The lowest BCUT2D eigenvalue weighted by atomic mass is 9.97. The van der Waals surface area contributed by atoms with E-state index in [1.807, 2.05) is 0 Å². The normalized spacial score (nSPS) is 17.7. The number of allylic oxidation sites excluding steroid dienone is 3. The van der Waals surface area contributed by atoms with Crippen LogP contribution in [0.5, 0.6) is 5.75 Å². The largest absolute Gasteiger partial charge is 0.506 e. The summed E-state index contributed by atoms with van der Waals surface area (Å²) in [6.45, 7) is 11.5. The van der Waals surface area contributed by atoms with E-state index >= 15 is 0 Å². The zero-order valence-corrected chi connectivity index (χ0v) is 17.5. The van der Waals surface area contributed by atoms with Crippen LogP contribution in [-0.2, 0) is 16.1 Å². The first-order valence-electron chi connectivity index (χ1n) is 10.1. The van der Waals surface area contributed by atoms with E-state index in [1.54, 1.807) is 13.1 Å². The quantitative estimate of drug-likeness (QED) is 0.500. The summed E-state index contributed by atoms with van der Waals surface area (Å²) in [5.41, 5.74) is 5.01. The second kappa shape index (κ2) is 10.6. The van der Waals surface area contributed by atoms with Crippen molar-refractivity contribution in [3.63, 3.8) is 0 Å². The molecule has 27 heavy (non-hydrogen) atoms. The maximum Gasteiger partial charge on any atom is 0.188 e. The van der Waals surface area contributed by atoms with E-state index in [-0.39, 0.29) is 5.75 Å². The summed E-state index contributed by atoms with van der Waals surface area (Å²) < 4.78 is 11.5. The van der Waals surface area contributed by atoms with Crippen molar-refractivity contribution >= 4 is 0 Å². The van der Waals surface area contributed by atoms with Gasteiger partial charge in [-0.15, -0.1) is 0 Å². The van der Waals surface area contributed by atoms with Crippen molar-refractivity contribution in [1.29, 1.82) is 0 Å². The molecule has 0 saturated heterocycles. The highest BCUT2D eigenvalue weighted by atomic mass is 16.7. The number of hydrogen-bond donors (Lipinski definition) is 1. The molecule has 4 nitrogen and oxygen atoms in total. The third-order valence-corrected chi connectivity index (χ3v) is 5.14. The number of aryl methyl sites for hydroxylation is 1. The van der Waals surface area contributed by atoms with Crippen molar-refractivity contribution in [2.24, 2.45) is 5.92 Å². The van der Waals surface area contributed by atoms with E-state index in [1.165, 1.54) is 36.8 Å². The molecule has 1 aliphatic rings. The Labute approximate surface area is 164 Å². The van der Waals surface area contributed by atoms with Crippen LogP contribution in [0.15, 0.2) is 29.5 Å². The number of pyridine rings is 1. The SMILES string of the molecule is CC(C)=CCCC(C)CCC/C(C)=C/COC1OCc2cnc(C)c(O)c21. The lowest BCUT2D eigenvalue weighted by Crippen LogP contribution is -2.04. The molecule has 0 saturated carbocycles. The van der Waals surface area contributed by atoms with Gasteiger partial charge < -0.3 is 14.6 Å². The highest BCUT2D eigenvalue weighted by Gasteiger charge is 2.28. The Bertz CT molecular complexity index is 674. The molecule has 1 aromatic heterocycles. The summed E-state index contributed by atoms with van der Waals surface area (Å²) in [5.74, 6) is 0.964. The van der Waals surface area contributed by atoms with Gasteiger partial charge in [0.15, 0.2) is 6.29 Å². The van der Waals surface area contributed by atoms with Crippen molar-refractivity contribution in [2.45, 2.75) is 79.6 Å². The summed E-state index contributed by atoms with van der Waals surface area (Å²) in [6, 6.07) is 0. The maximum absolute atomic E-state index is 10.2. The minimum atomic E-state index is -0.499. The van der Waals surface area contributed by atoms with Gasteiger partial charge in [-0.2, -0.15) is 0 Å². The number of aromatic nitrogens is 1. The number of nitrogens with zero attached hydrogens (tertiary/aromatic N) is 1. The second-order valence-electron chi connectivity index (χ2n) is 8.01. The molecular formula is C23H35NO3. The van der Waals surface area contributed by atoms with Crippen LogP contribution in [0.4, 0.5) is 0 Å². The number of rotatable bonds is 10. The molecule has 2 heterocycles. The van der Waals surface area contributed by atoms with Gasteiger partial charge >= 0.3 is 0 Å². The Morgan fingerprint density at radius 1 is 1.33 bits per heavy atom. The fourth-order valence-corrected chi connectivity index (χ4v) is 3.32. The van der Waals surface area contributed by atoms with E-state index < -0.39 is 6.29 Å². The van der Waals surface area contributed by atoms with Gasteiger partial charge in [0.1, 0.15) is 5.75 Å². The molecule has 0 aliphatic carbocycles. The van der Waals surface area contributed by atoms with Gasteiger partial charge in [0, 0.05) is 11.8 Å². The van der Waals surface area contributed by atoms with Crippen LogP contribution in [0.3, 0.4) is 0 Å². The van der Waals surface area contributed by atoms with E-state index in [9.17, 15) is 5.11 Å². The van der Waals surface area contributed by atoms with E-state index in [2.05, 4.69) is 44.8 Å². The van der Waals surface area contributed by atoms with Crippen molar-refractivity contribution < 1.29 is 14.6 Å². The molecule has 150 valence electrons. The van der Waals surface area contributed by atoms with Crippen LogP contribution >= 0.6 is 0 Å². The summed E-state index contributed by atoms with van der Waals surface area (Å²) in [6.07, 6.45) is 11.8. The van der Waals surface area contributed by atoms with E-state index in [0.717, 1.165) is 23.5 Å². The van der Waals surface area contributed by atoms with E-state index in [4.69, 9.17) is 9.47 Å². The van der Waals surface area contributed by atoms with Crippen molar-refractivity contribution in [1.82, 2.24) is 4.98 Å². The third-order valence-electron chi connectivity index (χ3n) is 5.14. The van der Waals surface area contributed by atoms with Crippen LogP contribution in [-0.4, -0.2) is 16.7 Å². The van der Waals surface area contributed by atoms with Gasteiger partial charge in [-0.1, -0.05) is 36.6 Å². The standard InChI is InChI=1S/C23H35NO3/c1-16(2)8-6-9-17(3)10-7-11-18(4)12-13-26-23-21-20(15-27-23)14-24-19(5)22(21)25/h8,12,14,17,23,25H,6-7,9-11,13,15H2,1-5H3/b18-12+. The summed E-state index contributed by atoms with van der Waals surface area (Å²) in [4.78, 5) is 4.17. The molecule has 0 radical (unpaired) electrons. The molecule has 2 rings (SSSR count). The number of aromatic hydroxyl groups is 1. The maximum atomic E-state index is 10.2. The number of ether oxygens (including phenoxy) is 2. The Hall–Kier alpha value is -1.65. The zero-order valence-electron chi connectivity index (χ0n) is 17.5. The third kappa shape index (κ3) is 6.78. The molecule has 4 heteroatoms. The average molecular weight is 374 g/mol. The summed E-state index contributed by atoms with van der Waals surface area (Å²) >= 11 is 0. The van der Waals surface area contributed by atoms with Crippen LogP contribution < -0.4 is 0 Å². The first-order chi connectivity index (χ1) is 12.9. The molecule has 0 spiro atoms. The van der Waals surface area contributed by atoms with Crippen molar-refractivity contribution in [3.05, 3.63) is 46.3 Å². The minimum Gasteiger partial charge on any atom is -0.506 e. The first-order valence-corrected chi connectivity index (χ1v) is 10.1. The first kappa shape index (κ1) is 21.6. The molecule has 2 atom stereocenters. The van der Waals surface area contributed by atoms with Crippen LogP contribution in [0.2, 0.25) is 0 Å². The van der Waals surface area contributed by atoms with Crippen LogP contribution in [0.25, 0.3) is 0 Å². The molecule has 1 N–H and O–H groups in total. The predicted molar refractivity (Wildman–Crippen MR) is 110 cm³/mol. The fourth-order valence-electron chi connectivity index (χ4n) is 3.32. The minimum absolute atomic E-state index is 0.192.